The number of hydrogen-bond acceptors (Lipinski definition) is 4. The monoisotopic (exact) mass is 305 g/mol. The van der Waals surface area contributed by atoms with Crippen molar-refractivity contribution < 1.29 is 14.3 Å². The minimum Gasteiger partial charge on any atom is -0.493 e. The zero-order valence-electron chi connectivity index (χ0n) is 12.8. The topological polar surface area (TPSA) is 98.7 Å². The summed E-state index contributed by atoms with van der Waals surface area (Å²) < 4.78 is 5.53. The molecule has 4 N–H and O–H groups in total. The molecule has 120 valence electrons. The molecule has 1 heterocycles. The van der Waals surface area contributed by atoms with Crippen LogP contribution >= 0.6 is 0 Å². The largest absolute Gasteiger partial charge is 0.493 e. The Kier molecular flexibility index (Phi) is 5.38. The summed E-state index contributed by atoms with van der Waals surface area (Å²) in [5.41, 5.74) is 11.5. The van der Waals surface area contributed by atoms with Crippen LogP contribution in [0, 0.1) is 0 Å². The average Bonchev–Trinajstić information content (AvgIpc) is 2.47. The third-order valence-electron chi connectivity index (χ3n) is 3.94. The fourth-order valence-electron chi connectivity index (χ4n) is 2.72. The standard InChI is InChI=1S/C16H23N3O3/c1-11-9-13(17)5-7-19(11)15(20)6-8-22-14-4-2-3-12(10-14)16(18)21/h2-4,10-11,13H,5-9,17H2,1H3,(H2,18,21)/t11-,13-/m0/s1. The van der Waals surface area contributed by atoms with E-state index in [0.717, 1.165) is 12.8 Å². The van der Waals surface area contributed by atoms with Gasteiger partial charge in [-0.2, -0.15) is 0 Å². The second-order valence-corrected chi connectivity index (χ2v) is 5.71. The normalized spacial score (nSPS) is 21.5. The molecule has 2 amide bonds. The Morgan fingerprint density at radius 2 is 2.18 bits per heavy atom. The van der Waals surface area contributed by atoms with E-state index in [0.29, 0.717) is 24.3 Å². The minimum absolute atomic E-state index is 0.0745. The molecule has 22 heavy (non-hydrogen) atoms. The summed E-state index contributed by atoms with van der Waals surface area (Å²) in [6, 6.07) is 7.00. The van der Waals surface area contributed by atoms with Gasteiger partial charge in [-0.25, -0.2) is 0 Å². The van der Waals surface area contributed by atoms with Crippen LogP contribution in [0.25, 0.3) is 0 Å². The fraction of sp³-hybridized carbons (Fsp3) is 0.500. The highest BCUT2D eigenvalue weighted by Gasteiger charge is 2.26. The lowest BCUT2D eigenvalue weighted by Crippen LogP contribution is -2.48. The number of carbonyl (C=O) groups is 2. The van der Waals surface area contributed by atoms with E-state index in [1.54, 1.807) is 24.3 Å². The number of amides is 2. The van der Waals surface area contributed by atoms with Crippen LogP contribution in [0.3, 0.4) is 0 Å². The predicted octanol–water partition coefficient (Wildman–Crippen LogP) is 0.893. The van der Waals surface area contributed by atoms with E-state index in [4.69, 9.17) is 16.2 Å². The number of primary amides is 1. The van der Waals surface area contributed by atoms with Gasteiger partial charge in [-0.3, -0.25) is 9.59 Å². The first kappa shape index (κ1) is 16.3. The predicted molar refractivity (Wildman–Crippen MR) is 83.5 cm³/mol. The van der Waals surface area contributed by atoms with Gasteiger partial charge in [0.25, 0.3) is 0 Å². The van der Waals surface area contributed by atoms with Gasteiger partial charge in [0, 0.05) is 24.2 Å². The minimum atomic E-state index is -0.500. The summed E-state index contributed by atoms with van der Waals surface area (Å²) in [6.45, 7) is 3.00. The highest BCUT2D eigenvalue weighted by molar-refractivity contribution is 5.93. The highest BCUT2D eigenvalue weighted by atomic mass is 16.5. The molecule has 0 saturated carbocycles. The van der Waals surface area contributed by atoms with Crippen molar-refractivity contribution in [2.75, 3.05) is 13.2 Å². The van der Waals surface area contributed by atoms with E-state index in [1.807, 2.05) is 11.8 Å². The van der Waals surface area contributed by atoms with Gasteiger partial charge in [0.15, 0.2) is 0 Å². The summed E-state index contributed by atoms with van der Waals surface area (Å²) >= 11 is 0. The smallest absolute Gasteiger partial charge is 0.248 e. The van der Waals surface area contributed by atoms with Crippen molar-refractivity contribution in [3.05, 3.63) is 29.8 Å². The maximum atomic E-state index is 12.2. The Morgan fingerprint density at radius 3 is 2.86 bits per heavy atom. The van der Waals surface area contributed by atoms with Gasteiger partial charge in [-0.05, 0) is 38.0 Å². The van der Waals surface area contributed by atoms with Crippen LogP contribution in [0.15, 0.2) is 24.3 Å². The molecule has 2 rings (SSSR count). The molecule has 1 saturated heterocycles. The van der Waals surface area contributed by atoms with Crippen LogP contribution in [-0.2, 0) is 4.79 Å². The van der Waals surface area contributed by atoms with Crippen LogP contribution in [0.2, 0.25) is 0 Å². The molecule has 1 aromatic carbocycles. The molecule has 6 heteroatoms. The lowest BCUT2D eigenvalue weighted by Gasteiger charge is -2.36. The Bertz CT molecular complexity index is 547. The maximum Gasteiger partial charge on any atom is 0.248 e. The summed E-state index contributed by atoms with van der Waals surface area (Å²) in [6.07, 6.45) is 1.99. The Balaban J connectivity index is 1.82. The molecular formula is C16H23N3O3. The van der Waals surface area contributed by atoms with Crippen LogP contribution < -0.4 is 16.2 Å². The number of piperidine rings is 1. The summed E-state index contributed by atoms with van der Waals surface area (Å²) in [7, 11) is 0. The number of nitrogens with zero attached hydrogens (tertiary/aromatic N) is 1. The van der Waals surface area contributed by atoms with Crippen LogP contribution in [0.5, 0.6) is 5.75 Å². The van der Waals surface area contributed by atoms with E-state index in [9.17, 15) is 9.59 Å². The second kappa shape index (κ2) is 7.26. The molecule has 1 aromatic rings. The summed E-state index contributed by atoms with van der Waals surface area (Å²) in [5, 5.41) is 0. The van der Waals surface area contributed by atoms with Gasteiger partial charge in [-0.1, -0.05) is 6.07 Å². The number of benzene rings is 1. The van der Waals surface area contributed by atoms with Gasteiger partial charge in [0.1, 0.15) is 5.75 Å². The number of nitrogens with two attached hydrogens (primary N) is 2. The van der Waals surface area contributed by atoms with Crippen molar-refractivity contribution in [3.63, 3.8) is 0 Å². The third kappa shape index (κ3) is 4.21. The molecule has 1 aliphatic heterocycles. The first-order valence-electron chi connectivity index (χ1n) is 7.55. The van der Waals surface area contributed by atoms with E-state index < -0.39 is 5.91 Å². The lowest BCUT2D eigenvalue weighted by molar-refractivity contribution is -0.135. The van der Waals surface area contributed by atoms with Crippen LogP contribution in [0.4, 0.5) is 0 Å². The molecule has 0 spiro atoms. The molecule has 0 unspecified atom stereocenters. The molecule has 2 atom stereocenters. The first-order valence-corrected chi connectivity index (χ1v) is 7.55. The number of rotatable bonds is 5. The Hall–Kier alpha value is -2.08. The van der Waals surface area contributed by atoms with Crippen molar-refractivity contribution in [1.29, 1.82) is 0 Å². The van der Waals surface area contributed by atoms with Crippen molar-refractivity contribution in [1.82, 2.24) is 4.90 Å². The maximum absolute atomic E-state index is 12.2. The van der Waals surface area contributed by atoms with Gasteiger partial charge < -0.3 is 21.1 Å². The molecule has 0 aliphatic carbocycles. The summed E-state index contributed by atoms with van der Waals surface area (Å²) in [4.78, 5) is 25.2. The van der Waals surface area contributed by atoms with E-state index >= 15 is 0 Å². The quantitative estimate of drug-likeness (QED) is 0.844. The third-order valence-corrected chi connectivity index (χ3v) is 3.94. The average molecular weight is 305 g/mol. The van der Waals surface area contributed by atoms with Crippen molar-refractivity contribution in [2.24, 2.45) is 11.5 Å². The van der Waals surface area contributed by atoms with Gasteiger partial charge in [0.05, 0.1) is 13.0 Å². The van der Waals surface area contributed by atoms with Crippen molar-refractivity contribution in [2.45, 2.75) is 38.3 Å². The highest BCUT2D eigenvalue weighted by Crippen LogP contribution is 2.17. The van der Waals surface area contributed by atoms with Crippen LogP contribution in [-0.4, -0.2) is 41.9 Å². The Morgan fingerprint density at radius 1 is 1.41 bits per heavy atom. The molecular weight excluding hydrogens is 282 g/mol. The van der Waals surface area contributed by atoms with E-state index in [2.05, 4.69) is 0 Å². The fourth-order valence-corrected chi connectivity index (χ4v) is 2.72. The molecule has 1 fully saturated rings. The molecule has 6 nitrogen and oxygen atoms in total. The van der Waals surface area contributed by atoms with Crippen LogP contribution in [0.1, 0.15) is 36.5 Å². The SMILES string of the molecule is C[C@H]1C[C@@H](N)CCN1C(=O)CCOc1cccc(C(N)=O)c1. The summed E-state index contributed by atoms with van der Waals surface area (Å²) in [5.74, 6) is 0.114. The van der Waals surface area contributed by atoms with Crippen molar-refractivity contribution >= 4 is 11.8 Å². The Labute approximate surface area is 130 Å². The molecule has 0 aromatic heterocycles. The number of hydrogen-bond donors (Lipinski definition) is 2. The number of likely N-dealkylation sites (tertiary alicyclic amines) is 1. The second-order valence-electron chi connectivity index (χ2n) is 5.71. The number of ether oxygens (including phenoxy) is 1. The number of carbonyl (C=O) groups excluding carboxylic acids is 2. The zero-order valence-corrected chi connectivity index (χ0v) is 12.8. The zero-order chi connectivity index (χ0) is 16.1. The van der Waals surface area contributed by atoms with Gasteiger partial charge in [-0.15, -0.1) is 0 Å². The first-order chi connectivity index (χ1) is 10.5. The molecule has 0 bridgehead atoms. The van der Waals surface area contributed by atoms with Gasteiger partial charge in [0.2, 0.25) is 11.8 Å². The van der Waals surface area contributed by atoms with E-state index in [1.165, 1.54) is 0 Å². The molecule has 0 radical (unpaired) electrons. The van der Waals surface area contributed by atoms with Gasteiger partial charge >= 0.3 is 0 Å². The van der Waals surface area contributed by atoms with E-state index in [-0.39, 0.29) is 24.6 Å². The lowest BCUT2D eigenvalue weighted by atomic mass is 9.99. The van der Waals surface area contributed by atoms with Crippen molar-refractivity contribution in [3.8, 4) is 5.75 Å². The molecule has 1 aliphatic rings.